The molecule has 1 aromatic carbocycles. The van der Waals surface area contributed by atoms with E-state index in [1.54, 1.807) is 0 Å². The number of Topliss-reactive ketones (excluding diaryl/α,β-unsaturated/α-hetero) is 1. The predicted molar refractivity (Wildman–Crippen MR) is 55.7 cm³/mol. The maximum Gasteiger partial charge on any atom is 0.143 e. The third kappa shape index (κ3) is 1.24. The van der Waals surface area contributed by atoms with Gasteiger partial charge in [0.1, 0.15) is 5.78 Å². The van der Waals surface area contributed by atoms with Gasteiger partial charge < -0.3 is 0 Å². The third-order valence-corrected chi connectivity index (χ3v) is 3.63. The van der Waals surface area contributed by atoms with Gasteiger partial charge >= 0.3 is 0 Å². The van der Waals surface area contributed by atoms with Crippen LogP contribution in [0.15, 0.2) is 28.7 Å². The van der Waals surface area contributed by atoms with Crippen molar-refractivity contribution in [2.75, 3.05) is 0 Å². The largest absolute Gasteiger partial charge is 0.299 e. The molecule has 2 heteroatoms. The molecule has 1 unspecified atom stereocenters. The molecule has 0 aromatic heterocycles. The fraction of sp³-hybridized carbons (Fsp3) is 0.364. The van der Waals surface area contributed by atoms with Crippen molar-refractivity contribution in [3.05, 3.63) is 34.3 Å². The maximum atomic E-state index is 11.5. The fourth-order valence-corrected chi connectivity index (χ4v) is 2.52. The number of benzene rings is 1. The van der Waals surface area contributed by atoms with Crippen molar-refractivity contribution in [2.45, 2.75) is 25.2 Å². The van der Waals surface area contributed by atoms with Crippen molar-refractivity contribution in [2.24, 2.45) is 0 Å². The van der Waals surface area contributed by atoms with Crippen molar-refractivity contribution < 1.29 is 4.79 Å². The number of halogens is 1. The molecule has 0 heterocycles. The van der Waals surface area contributed by atoms with Gasteiger partial charge in [0.05, 0.1) is 5.41 Å². The van der Waals surface area contributed by atoms with Crippen LogP contribution in [0.4, 0.5) is 0 Å². The summed E-state index contributed by atoms with van der Waals surface area (Å²) in [5.41, 5.74) is 0.909. The minimum atomic E-state index is -0.222. The zero-order valence-corrected chi connectivity index (χ0v) is 9.10. The Kier molecular flexibility index (Phi) is 2.03. The van der Waals surface area contributed by atoms with E-state index >= 15 is 0 Å². The van der Waals surface area contributed by atoms with Crippen LogP contribution >= 0.6 is 15.9 Å². The van der Waals surface area contributed by atoms with Gasteiger partial charge in [-0.1, -0.05) is 34.1 Å². The van der Waals surface area contributed by atoms with Crippen molar-refractivity contribution in [3.8, 4) is 0 Å². The number of carbonyl (C=O) groups is 1. The van der Waals surface area contributed by atoms with Crippen LogP contribution < -0.4 is 0 Å². The molecule has 1 nitrogen and oxygen atoms in total. The van der Waals surface area contributed by atoms with Gasteiger partial charge in [-0.25, -0.2) is 0 Å². The first-order chi connectivity index (χ1) is 6.14. The van der Waals surface area contributed by atoms with E-state index in [9.17, 15) is 4.79 Å². The summed E-state index contributed by atoms with van der Waals surface area (Å²) in [6.45, 7) is 2.03. The Morgan fingerprint density at radius 2 is 2.08 bits per heavy atom. The first-order valence-corrected chi connectivity index (χ1v) is 5.22. The van der Waals surface area contributed by atoms with Crippen molar-refractivity contribution in [3.63, 3.8) is 0 Å². The number of carbonyl (C=O) groups excluding carboxylic acids is 1. The van der Waals surface area contributed by atoms with Crippen LogP contribution in [0.25, 0.3) is 0 Å². The molecule has 0 amide bonds. The molecule has 0 saturated heterocycles. The Hall–Kier alpha value is -0.630. The normalized spacial score (nSPS) is 27.1. The van der Waals surface area contributed by atoms with Crippen LogP contribution in [-0.4, -0.2) is 5.78 Å². The highest BCUT2D eigenvalue weighted by molar-refractivity contribution is 9.10. The molecule has 1 saturated carbocycles. The second-order valence-corrected chi connectivity index (χ2v) is 4.59. The zero-order valence-electron chi connectivity index (χ0n) is 7.51. The average Bonchev–Trinajstić information content (AvgIpc) is 2.15. The second kappa shape index (κ2) is 2.95. The van der Waals surface area contributed by atoms with Crippen molar-refractivity contribution >= 4 is 21.7 Å². The summed E-state index contributed by atoms with van der Waals surface area (Å²) in [4.78, 5) is 11.5. The molecule has 0 bridgehead atoms. The highest BCUT2D eigenvalue weighted by atomic mass is 79.9. The van der Waals surface area contributed by atoms with Crippen LogP contribution in [0.5, 0.6) is 0 Å². The number of hydrogen-bond donors (Lipinski definition) is 0. The maximum absolute atomic E-state index is 11.5. The first kappa shape index (κ1) is 8.95. The highest BCUT2D eigenvalue weighted by Crippen LogP contribution is 2.42. The Morgan fingerprint density at radius 1 is 1.38 bits per heavy atom. The summed E-state index contributed by atoms with van der Waals surface area (Å²) < 4.78 is 1.05. The molecule has 1 atom stereocenters. The predicted octanol–water partition coefficient (Wildman–Crippen LogP) is 3.07. The van der Waals surface area contributed by atoms with E-state index in [0.717, 1.165) is 22.9 Å². The quantitative estimate of drug-likeness (QED) is 0.736. The molecule has 0 radical (unpaired) electrons. The van der Waals surface area contributed by atoms with E-state index in [0.29, 0.717) is 5.78 Å². The van der Waals surface area contributed by atoms with Gasteiger partial charge in [0.15, 0.2) is 0 Å². The lowest BCUT2D eigenvalue weighted by Gasteiger charge is -2.37. The fourth-order valence-electron chi connectivity index (χ4n) is 1.80. The molecule has 0 aliphatic heterocycles. The average molecular weight is 239 g/mol. The van der Waals surface area contributed by atoms with E-state index in [1.165, 1.54) is 0 Å². The number of rotatable bonds is 1. The van der Waals surface area contributed by atoms with Crippen LogP contribution in [0.3, 0.4) is 0 Å². The van der Waals surface area contributed by atoms with Crippen LogP contribution in [-0.2, 0) is 10.2 Å². The van der Waals surface area contributed by atoms with Gasteiger partial charge in [0.25, 0.3) is 0 Å². The van der Waals surface area contributed by atoms with Crippen LogP contribution in [0.2, 0.25) is 0 Å². The Bertz CT molecular complexity index is 359. The highest BCUT2D eigenvalue weighted by Gasteiger charge is 2.43. The van der Waals surface area contributed by atoms with E-state index in [4.69, 9.17) is 0 Å². The van der Waals surface area contributed by atoms with Crippen molar-refractivity contribution in [1.82, 2.24) is 0 Å². The molecule has 0 spiro atoms. The smallest absolute Gasteiger partial charge is 0.143 e. The Labute approximate surface area is 86.3 Å². The summed E-state index contributed by atoms with van der Waals surface area (Å²) in [6.07, 6.45) is 1.71. The van der Waals surface area contributed by atoms with Gasteiger partial charge in [0, 0.05) is 10.9 Å². The lowest BCUT2D eigenvalue weighted by molar-refractivity contribution is -0.130. The topological polar surface area (TPSA) is 17.1 Å². The molecule has 68 valence electrons. The molecule has 1 aliphatic carbocycles. The molecule has 13 heavy (non-hydrogen) atoms. The van der Waals surface area contributed by atoms with Gasteiger partial charge in [-0.05, 0) is 25.0 Å². The summed E-state index contributed by atoms with van der Waals surface area (Å²) in [5, 5.41) is 0. The first-order valence-electron chi connectivity index (χ1n) is 4.43. The monoisotopic (exact) mass is 238 g/mol. The lowest BCUT2D eigenvalue weighted by Crippen LogP contribution is -2.42. The SMILES string of the molecule is CC1(c2ccccc2Br)CCC1=O. The summed E-state index contributed by atoms with van der Waals surface area (Å²) in [6, 6.07) is 7.98. The number of ketones is 1. The molecule has 1 aliphatic rings. The lowest BCUT2D eigenvalue weighted by atomic mass is 9.65. The molecular weight excluding hydrogens is 228 g/mol. The summed E-state index contributed by atoms with van der Waals surface area (Å²) in [7, 11) is 0. The Morgan fingerprint density at radius 3 is 2.54 bits per heavy atom. The molecular formula is C11H11BrO. The van der Waals surface area contributed by atoms with Gasteiger partial charge in [-0.2, -0.15) is 0 Å². The van der Waals surface area contributed by atoms with E-state index < -0.39 is 0 Å². The van der Waals surface area contributed by atoms with Crippen LogP contribution in [0.1, 0.15) is 25.3 Å². The Balaban J connectivity index is 2.46. The van der Waals surface area contributed by atoms with E-state index in [-0.39, 0.29) is 5.41 Å². The zero-order chi connectivity index (χ0) is 9.47. The third-order valence-electron chi connectivity index (χ3n) is 2.94. The second-order valence-electron chi connectivity index (χ2n) is 3.74. The molecule has 2 rings (SSSR count). The summed E-state index contributed by atoms with van der Waals surface area (Å²) in [5.74, 6) is 0.361. The van der Waals surface area contributed by atoms with Crippen molar-refractivity contribution in [1.29, 1.82) is 0 Å². The van der Waals surface area contributed by atoms with Gasteiger partial charge in [-0.15, -0.1) is 0 Å². The van der Waals surface area contributed by atoms with Gasteiger partial charge in [0.2, 0.25) is 0 Å². The summed E-state index contributed by atoms with van der Waals surface area (Å²) >= 11 is 3.48. The van der Waals surface area contributed by atoms with E-state index in [2.05, 4.69) is 15.9 Å². The minimum Gasteiger partial charge on any atom is -0.299 e. The molecule has 1 fully saturated rings. The number of hydrogen-bond acceptors (Lipinski definition) is 1. The van der Waals surface area contributed by atoms with Gasteiger partial charge in [-0.3, -0.25) is 4.79 Å². The van der Waals surface area contributed by atoms with E-state index in [1.807, 2.05) is 31.2 Å². The minimum absolute atomic E-state index is 0.222. The van der Waals surface area contributed by atoms with Crippen LogP contribution in [0, 0.1) is 0 Å². The standard InChI is InChI=1S/C11H11BrO/c1-11(7-6-10(11)13)8-4-2-3-5-9(8)12/h2-5H,6-7H2,1H3. The molecule has 0 N–H and O–H groups in total. The molecule has 1 aromatic rings.